The first kappa shape index (κ1) is 7.72. The molecule has 0 aliphatic rings. The van der Waals surface area contributed by atoms with Crippen molar-refractivity contribution in [2.75, 3.05) is 5.73 Å². The Morgan fingerprint density at radius 2 is 2.15 bits per heavy atom. The van der Waals surface area contributed by atoms with Crippen LogP contribution in [0.5, 0.6) is 0 Å². The first-order valence-electron chi connectivity index (χ1n) is 3.67. The zero-order chi connectivity index (χ0) is 9.26. The van der Waals surface area contributed by atoms with Crippen LogP contribution in [0.4, 0.5) is 10.3 Å². The molecule has 0 radical (unpaired) electrons. The number of H-pyrrole nitrogens is 1. The molecular formula is C8H7FN4. The van der Waals surface area contributed by atoms with Crippen LogP contribution in [0.3, 0.4) is 0 Å². The highest BCUT2D eigenvalue weighted by molar-refractivity contribution is 5.58. The van der Waals surface area contributed by atoms with Crippen molar-refractivity contribution < 1.29 is 4.39 Å². The summed E-state index contributed by atoms with van der Waals surface area (Å²) < 4.78 is 12.7. The highest BCUT2D eigenvalue weighted by atomic mass is 19.1. The molecule has 4 nitrogen and oxygen atoms in total. The van der Waals surface area contributed by atoms with Gasteiger partial charge in [-0.3, -0.25) is 4.98 Å². The van der Waals surface area contributed by atoms with Crippen LogP contribution >= 0.6 is 0 Å². The standard InChI is InChI=1S/C8H7FN4/c9-6-1-5(2-11-3-6)7-4-12-8(10)13-7/h1-4H,(H3,10,12,13). The Hall–Kier alpha value is -1.91. The molecular weight excluding hydrogens is 171 g/mol. The molecule has 2 aromatic heterocycles. The predicted octanol–water partition coefficient (Wildman–Crippen LogP) is 1.19. The Kier molecular flexibility index (Phi) is 1.70. The van der Waals surface area contributed by atoms with E-state index >= 15 is 0 Å². The number of nitrogens with one attached hydrogen (secondary N) is 1. The molecule has 0 fully saturated rings. The Balaban J connectivity index is 2.46. The molecule has 0 unspecified atom stereocenters. The van der Waals surface area contributed by atoms with E-state index in [-0.39, 0.29) is 5.82 Å². The maximum atomic E-state index is 12.7. The van der Waals surface area contributed by atoms with E-state index in [1.165, 1.54) is 18.5 Å². The molecule has 0 aliphatic carbocycles. The molecule has 0 aromatic carbocycles. The molecule has 5 heteroatoms. The SMILES string of the molecule is Nc1ncc(-c2cncc(F)c2)[nH]1. The van der Waals surface area contributed by atoms with Crippen molar-refractivity contribution in [3.8, 4) is 11.3 Å². The zero-order valence-corrected chi connectivity index (χ0v) is 6.66. The number of anilines is 1. The average molecular weight is 178 g/mol. The van der Waals surface area contributed by atoms with E-state index in [0.29, 0.717) is 17.2 Å². The quantitative estimate of drug-likeness (QED) is 0.689. The topological polar surface area (TPSA) is 67.6 Å². The number of aromatic nitrogens is 3. The molecule has 3 N–H and O–H groups in total. The summed E-state index contributed by atoms with van der Waals surface area (Å²) >= 11 is 0. The van der Waals surface area contributed by atoms with Gasteiger partial charge in [-0.1, -0.05) is 0 Å². The monoisotopic (exact) mass is 178 g/mol. The second-order valence-corrected chi connectivity index (χ2v) is 2.57. The van der Waals surface area contributed by atoms with Crippen LogP contribution in [0.15, 0.2) is 24.7 Å². The Bertz CT molecular complexity index is 424. The van der Waals surface area contributed by atoms with Crippen LogP contribution < -0.4 is 5.73 Å². The first-order valence-corrected chi connectivity index (χ1v) is 3.67. The van der Waals surface area contributed by atoms with Crippen LogP contribution in [0, 0.1) is 5.82 Å². The molecule has 0 aliphatic heterocycles. The molecule has 0 atom stereocenters. The fourth-order valence-electron chi connectivity index (χ4n) is 1.04. The third kappa shape index (κ3) is 1.48. The Morgan fingerprint density at radius 3 is 2.77 bits per heavy atom. The summed E-state index contributed by atoms with van der Waals surface area (Å²) in [4.78, 5) is 10.3. The third-order valence-corrected chi connectivity index (χ3v) is 1.61. The van der Waals surface area contributed by atoms with Gasteiger partial charge in [-0.15, -0.1) is 0 Å². The number of aromatic amines is 1. The molecule has 2 rings (SSSR count). The molecule has 2 aromatic rings. The van der Waals surface area contributed by atoms with Gasteiger partial charge in [-0.05, 0) is 6.07 Å². The van der Waals surface area contributed by atoms with E-state index in [9.17, 15) is 4.39 Å². The lowest BCUT2D eigenvalue weighted by Crippen LogP contribution is -1.86. The maximum absolute atomic E-state index is 12.7. The fraction of sp³-hybridized carbons (Fsp3) is 0. The lowest BCUT2D eigenvalue weighted by atomic mass is 10.2. The van der Waals surface area contributed by atoms with Gasteiger partial charge in [0, 0.05) is 11.8 Å². The number of nitrogen functional groups attached to an aromatic ring is 1. The van der Waals surface area contributed by atoms with E-state index < -0.39 is 0 Å². The number of nitrogens with two attached hydrogens (primary N) is 1. The molecule has 66 valence electrons. The van der Waals surface area contributed by atoms with Gasteiger partial charge >= 0.3 is 0 Å². The number of pyridine rings is 1. The van der Waals surface area contributed by atoms with Crippen molar-refractivity contribution in [1.29, 1.82) is 0 Å². The first-order chi connectivity index (χ1) is 6.25. The summed E-state index contributed by atoms with van der Waals surface area (Å²) in [5.74, 6) is -0.0788. The van der Waals surface area contributed by atoms with Gasteiger partial charge in [0.05, 0.1) is 18.1 Å². The van der Waals surface area contributed by atoms with Crippen LogP contribution in [-0.2, 0) is 0 Å². The van der Waals surface area contributed by atoms with Crippen molar-refractivity contribution in [1.82, 2.24) is 15.0 Å². The van der Waals surface area contributed by atoms with Gasteiger partial charge in [0.2, 0.25) is 0 Å². The third-order valence-electron chi connectivity index (χ3n) is 1.61. The van der Waals surface area contributed by atoms with Gasteiger partial charge in [0.25, 0.3) is 0 Å². The summed E-state index contributed by atoms with van der Waals surface area (Å²) in [5, 5.41) is 0. The largest absolute Gasteiger partial charge is 0.369 e. The van der Waals surface area contributed by atoms with Crippen LogP contribution in [-0.4, -0.2) is 15.0 Å². The second-order valence-electron chi connectivity index (χ2n) is 2.57. The average Bonchev–Trinajstić information content (AvgIpc) is 2.52. The Morgan fingerprint density at radius 1 is 1.31 bits per heavy atom. The van der Waals surface area contributed by atoms with Gasteiger partial charge < -0.3 is 10.7 Å². The van der Waals surface area contributed by atoms with Gasteiger partial charge in [0.15, 0.2) is 5.95 Å². The van der Waals surface area contributed by atoms with Gasteiger partial charge in [-0.2, -0.15) is 0 Å². The summed E-state index contributed by atoms with van der Waals surface area (Å²) in [6.45, 7) is 0. The number of nitrogens with zero attached hydrogens (tertiary/aromatic N) is 2. The van der Waals surface area contributed by atoms with Gasteiger partial charge in [-0.25, -0.2) is 9.37 Å². The van der Waals surface area contributed by atoms with Crippen LogP contribution in [0.2, 0.25) is 0 Å². The molecule has 0 bridgehead atoms. The summed E-state index contributed by atoms with van der Waals surface area (Å²) in [5.41, 5.74) is 6.66. The number of imidazole rings is 1. The predicted molar refractivity (Wildman–Crippen MR) is 46.2 cm³/mol. The smallest absolute Gasteiger partial charge is 0.197 e. The van der Waals surface area contributed by atoms with E-state index in [1.807, 2.05) is 0 Å². The number of halogens is 1. The van der Waals surface area contributed by atoms with Crippen molar-refractivity contribution in [2.45, 2.75) is 0 Å². The lowest BCUT2D eigenvalue weighted by Gasteiger charge is -1.95. The normalized spacial score (nSPS) is 10.2. The van der Waals surface area contributed by atoms with Crippen molar-refractivity contribution in [2.24, 2.45) is 0 Å². The van der Waals surface area contributed by atoms with Crippen LogP contribution in [0.1, 0.15) is 0 Å². The number of hydrogen-bond donors (Lipinski definition) is 2. The van der Waals surface area contributed by atoms with Crippen LogP contribution in [0.25, 0.3) is 11.3 Å². The van der Waals surface area contributed by atoms with Crippen molar-refractivity contribution in [3.05, 3.63) is 30.5 Å². The van der Waals surface area contributed by atoms with Crippen molar-refractivity contribution >= 4 is 5.95 Å². The van der Waals surface area contributed by atoms with Gasteiger partial charge in [0.1, 0.15) is 5.82 Å². The molecule has 0 saturated carbocycles. The van der Waals surface area contributed by atoms with E-state index in [0.717, 1.165) is 6.20 Å². The molecule has 0 saturated heterocycles. The fourth-order valence-corrected chi connectivity index (χ4v) is 1.04. The molecule has 13 heavy (non-hydrogen) atoms. The number of rotatable bonds is 1. The van der Waals surface area contributed by atoms with E-state index in [2.05, 4.69) is 15.0 Å². The molecule has 0 spiro atoms. The molecule has 2 heterocycles. The maximum Gasteiger partial charge on any atom is 0.197 e. The van der Waals surface area contributed by atoms with E-state index in [1.54, 1.807) is 0 Å². The summed E-state index contributed by atoms with van der Waals surface area (Å²) in [6.07, 6.45) is 4.21. The number of hydrogen-bond acceptors (Lipinski definition) is 3. The minimum Gasteiger partial charge on any atom is -0.369 e. The zero-order valence-electron chi connectivity index (χ0n) is 6.66. The summed E-state index contributed by atoms with van der Waals surface area (Å²) in [6, 6.07) is 1.36. The molecule has 0 amide bonds. The van der Waals surface area contributed by atoms with Crippen molar-refractivity contribution in [3.63, 3.8) is 0 Å². The Labute approximate surface area is 73.6 Å². The minimum atomic E-state index is -0.384. The summed E-state index contributed by atoms with van der Waals surface area (Å²) in [7, 11) is 0. The minimum absolute atomic E-state index is 0.305. The highest BCUT2D eigenvalue weighted by Gasteiger charge is 2.01. The van der Waals surface area contributed by atoms with E-state index in [4.69, 9.17) is 5.73 Å². The highest BCUT2D eigenvalue weighted by Crippen LogP contribution is 2.16. The second kappa shape index (κ2) is 2.85. The lowest BCUT2D eigenvalue weighted by molar-refractivity contribution is 0.622.